The summed E-state index contributed by atoms with van der Waals surface area (Å²) in [5.41, 5.74) is 0.553. The molecule has 20 heavy (non-hydrogen) atoms. The third-order valence-corrected chi connectivity index (χ3v) is 3.28. The summed E-state index contributed by atoms with van der Waals surface area (Å²) in [6.45, 7) is 4.91. The third kappa shape index (κ3) is 4.51. The summed E-state index contributed by atoms with van der Waals surface area (Å²) in [6.07, 6.45) is 0.849. The van der Waals surface area contributed by atoms with Crippen LogP contribution in [0.1, 0.15) is 16.8 Å². The van der Waals surface area contributed by atoms with Gasteiger partial charge >= 0.3 is 5.97 Å². The maximum atomic E-state index is 11.8. The number of rotatable bonds is 6. The summed E-state index contributed by atoms with van der Waals surface area (Å²) in [5, 5.41) is 0. The van der Waals surface area contributed by atoms with Crippen LogP contribution in [0.15, 0.2) is 24.3 Å². The van der Waals surface area contributed by atoms with Crippen molar-refractivity contribution < 1.29 is 19.0 Å². The molecule has 110 valence electrons. The summed E-state index contributed by atoms with van der Waals surface area (Å²) in [4.78, 5) is 14.1. The Hall–Kier alpha value is -1.59. The molecule has 0 N–H and O–H groups in total. The van der Waals surface area contributed by atoms with E-state index < -0.39 is 0 Å². The van der Waals surface area contributed by atoms with E-state index in [2.05, 4.69) is 4.90 Å². The molecule has 1 aromatic rings. The summed E-state index contributed by atoms with van der Waals surface area (Å²) in [7, 11) is 1.60. The monoisotopic (exact) mass is 279 g/mol. The first-order chi connectivity index (χ1) is 9.79. The number of morpholine rings is 1. The van der Waals surface area contributed by atoms with Crippen molar-refractivity contribution in [2.45, 2.75) is 6.42 Å². The van der Waals surface area contributed by atoms with Gasteiger partial charge in [0.25, 0.3) is 0 Å². The summed E-state index contributed by atoms with van der Waals surface area (Å²) in [6, 6.07) is 6.93. The van der Waals surface area contributed by atoms with Crippen molar-refractivity contribution in [3.63, 3.8) is 0 Å². The highest BCUT2D eigenvalue weighted by Crippen LogP contribution is 2.12. The van der Waals surface area contributed by atoms with Crippen molar-refractivity contribution >= 4 is 5.97 Å². The molecule has 0 amide bonds. The van der Waals surface area contributed by atoms with Gasteiger partial charge in [0.05, 0.1) is 32.5 Å². The Labute approximate surface area is 119 Å². The molecule has 2 rings (SSSR count). The zero-order valence-corrected chi connectivity index (χ0v) is 11.8. The van der Waals surface area contributed by atoms with Gasteiger partial charge < -0.3 is 14.2 Å². The van der Waals surface area contributed by atoms with E-state index in [1.165, 1.54) is 0 Å². The summed E-state index contributed by atoms with van der Waals surface area (Å²) >= 11 is 0. The Bertz CT molecular complexity index is 412. The lowest BCUT2D eigenvalue weighted by atomic mass is 10.2. The number of esters is 1. The molecule has 1 fully saturated rings. The molecule has 0 atom stereocenters. The van der Waals surface area contributed by atoms with Crippen molar-refractivity contribution in [3.8, 4) is 5.75 Å². The number of methoxy groups -OCH3 is 1. The summed E-state index contributed by atoms with van der Waals surface area (Å²) in [5.74, 6) is 0.448. The van der Waals surface area contributed by atoms with E-state index in [1.807, 2.05) is 0 Å². The molecule has 1 aliphatic rings. The lowest BCUT2D eigenvalue weighted by molar-refractivity contribution is 0.0298. The maximum absolute atomic E-state index is 11.8. The third-order valence-electron chi connectivity index (χ3n) is 3.28. The Morgan fingerprint density at radius 1 is 1.25 bits per heavy atom. The number of nitrogens with zero attached hydrogens (tertiary/aromatic N) is 1. The van der Waals surface area contributed by atoms with Crippen molar-refractivity contribution in [2.75, 3.05) is 46.6 Å². The van der Waals surface area contributed by atoms with Gasteiger partial charge in [-0.3, -0.25) is 4.90 Å². The Morgan fingerprint density at radius 3 is 2.60 bits per heavy atom. The molecule has 0 radical (unpaired) electrons. The van der Waals surface area contributed by atoms with Crippen LogP contribution in [0.5, 0.6) is 5.75 Å². The fourth-order valence-corrected chi connectivity index (χ4v) is 2.09. The van der Waals surface area contributed by atoms with Crippen LogP contribution in [-0.4, -0.2) is 57.4 Å². The Kier molecular flexibility index (Phi) is 5.83. The molecule has 0 saturated carbocycles. The SMILES string of the molecule is COc1ccc(C(=O)OCCCN2CCOCC2)cc1. The zero-order chi connectivity index (χ0) is 14.2. The van der Waals surface area contributed by atoms with Gasteiger partial charge in [-0.2, -0.15) is 0 Å². The van der Waals surface area contributed by atoms with E-state index in [4.69, 9.17) is 14.2 Å². The van der Waals surface area contributed by atoms with Gasteiger partial charge in [0.1, 0.15) is 5.75 Å². The molecular formula is C15H21NO4. The van der Waals surface area contributed by atoms with Gasteiger partial charge in [0, 0.05) is 19.6 Å². The second-order valence-corrected chi connectivity index (χ2v) is 4.67. The highest BCUT2D eigenvalue weighted by atomic mass is 16.5. The molecule has 0 aromatic heterocycles. The van der Waals surface area contributed by atoms with E-state index in [-0.39, 0.29) is 5.97 Å². The molecule has 0 unspecified atom stereocenters. The van der Waals surface area contributed by atoms with Crippen LogP contribution >= 0.6 is 0 Å². The molecule has 0 spiro atoms. The van der Waals surface area contributed by atoms with E-state index >= 15 is 0 Å². The van der Waals surface area contributed by atoms with E-state index in [1.54, 1.807) is 31.4 Å². The molecule has 1 saturated heterocycles. The molecule has 0 bridgehead atoms. The predicted octanol–water partition coefficient (Wildman–Crippen LogP) is 1.57. The number of carbonyl (C=O) groups is 1. The van der Waals surface area contributed by atoms with Crippen LogP contribution in [0, 0.1) is 0 Å². The fraction of sp³-hybridized carbons (Fsp3) is 0.533. The summed E-state index contributed by atoms with van der Waals surface area (Å²) < 4.78 is 15.6. The van der Waals surface area contributed by atoms with Crippen molar-refractivity contribution in [1.82, 2.24) is 4.90 Å². The van der Waals surface area contributed by atoms with Crippen molar-refractivity contribution in [2.24, 2.45) is 0 Å². The van der Waals surface area contributed by atoms with Crippen LogP contribution in [0.4, 0.5) is 0 Å². The average molecular weight is 279 g/mol. The molecule has 1 heterocycles. The van der Waals surface area contributed by atoms with Gasteiger partial charge in [0.15, 0.2) is 0 Å². The van der Waals surface area contributed by atoms with Crippen molar-refractivity contribution in [1.29, 1.82) is 0 Å². The van der Waals surface area contributed by atoms with Gasteiger partial charge in [-0.05, 0) is 30.7 Å². The largest absolute Gasteiger partial charge is 0.497 e. The number of carbonyl (C=O) groups excluding carboxylic acids is 1. The molecule has 5 nitrogen and oxygen atoms in total. The molecule has 5 heteroatoms. The molecule has 1 aliphatic heterocycles. The lowest BCUT2D eigenvalue weighted by Crippen LogP contribution is -2.37. The standard InChI is InChI=1S/C15H21NO4/c1-18-14-5-3-13(4-6-14)15(17)20-10-2-7-16-8-11-19-12-9-16/h3-6H,2,7-12H2,1H3. The van der Waals surface area contributed by atoms with Gasteiger partial charge in [-0.25, -0.2) is 4.79 Å². The van der Waals surface area contributed by atoms with Crippen LogP contribution in [0.2, 0.25) is 0 Å². The smallest absolute Gasteiger partial charge is 0.338 e. The second kappa shape index (κ2) is 7.87. The highest BCUT2D eigenvalue weighted by molar-refractivity contribution is 5.89. The van der Waals surface area contributed by atoms with Crippen LogP contribution in [0.25, 0.3) is 0 Å². The quantitative estimate of drug-likeness (QED) is 0.584. The first kappa shape index (κ1) is 14.8. The second-order valence-electron chi connectivity index (χ2n) is 4.67. The van der Waals surface area contributed by atoms with E-state index in [9.17, 15) is 4.79 Å². The zero-order valence-electron chi connectivity index (χ0n) is 11.8. The Balaban J connectivity index is 1.66. The van der Waals surface area contributed by atoms with Gasteiger partial charge in [-0.15, -0.1) is 0 Å². The molecule has 1 aromatic carbocycles. The normalized spacial score (nSPS) is 15.8. The predicted molar refractivity (Wildman–Crippen MR) is 75.2 cm³/mol. The van der Waals surface area contributed by atoms with Crippen LogP contribution in [-0.2, 0) is 9.47 Å². The first-order valence-electron chi connectivity index (χ1n) is 6.91. The van der Waals surface area contributed by atoms with Gasteiger partial charge in [-0.1, -0.05) is 0 Å². The van der Waals surface area contributed by atoms with Crippen molar-refractivity contribution in [3.05, 3.63) is 29.8 Å². The minimum atomic E-state index is -0.283. The average Bonchev–Trinajstić information content (AvgIpc) is 2.52. The van der Waals surface area contributed by atoms with E-state index in [0.717, 1.165) is 45.0 Å². The first-order valence-corrected chi connectivity index (χ1v) is 6.91. The fourth-order valence-electron chi connectivity index (χ4n) is 2.09. The number of hydrogen-bond donors (Lipinski definition) is 0. The van der Waals surface area contributed by atoms with Crippen LogP contribution in [0.3, 0.4) is 0 Å². The van der Waals surface area contributed by atoms with Crippen LogP contribution < -0.4 is 4.74 Å². The highest BCUT2D eigenvalue weighted by Gasteiger charge is 2.10. The van der Waals surface area contributed by atoms with E-state index in [0.29, 0.717) is 12.2 Å². The number of benzene rings is 1. The maximum Gasteiger partial charge on any atom is 0.338 e. The topological polar surface area (TPSA) is 48.0 Å². The number of hydrogen-bond acceptors (Lipinski definition) is 5. The van der Waals surface area contributed by atoms with Gasteiger partial charge in [0.2, 0.25) is 0 Å². The molecule has 0 aliphatic carbocycles. The Morgan fingerprint density at radius 2 is 1.95 bits per heavy atom. The molecular weight excluding hydrogens is 258 g/mol. The number of ether oxygens (including phenoxy) is 3. The minimum absolute atomic E-state index is 0.283. The lowest BCUT2D eigenvalue weighted by Gasteiger charge is -2.26. The minimum Gasteiger partial charge on any atom is -0.497 e.